The molecule has 0 bridgehead atoms. The third kappa shape index (κ3) is 4.23. The monoisotopic (exact) mass is 390 g/mol. The van der Waals surface area contributed by atoms with Crippen LogP contribution in [0.15, 0.2) is 49.2 Å². The molecule has 1 fully saturated rings. The van der Waals surface area contributed by atoms with Crippen LogP contribution in [0.5, 0.6) is 0 Å². The van der Waals surface area contributed by atoms with Gasteiger partial charge in [0.15, 0.2) is 5.69 Å². The predicted octanol–water partition coefficient (Wildman–Crippen LogP) is 2.93. The van der Waals surface area contributed by atoms with Gasteiger partial charge in [-0.2, -0.15) is 23.5 Å². The van der Waals surface area contributed by atoms with Gasteiger partial charge in [0.2, 0.25) is 5.91 Å². The van der Waals surface area contributed by atoms with Crippen molar-refractivity contribution >= 4 is 5.91 Å². The highest BCUT2D eigenvalue weighted by Crippen LogP contribution is 2.30. The minimum absolute atomic E-state index is 0.0480. The Balaban J connectivity index is 1.77. The summed E-state index contributed by atoms with van der Waals surface area (Å²) in [6.07, 6.45) is -2.12. The Morgan fingerprint density at radius 1 is 1.39 bits per heavy atom. The number of amides is 1. The quantitative estimate of drug-likeness (QED) is 0.736. The van der Waals surface area contributed by atoms with Crippen molar-refractivity contribution in [2.45, 2.75) is 24.9 Å². The van der Waals surface area contributed by atoms with E-state index in [2.05, 4.69) is 11.7 Å². The normalized spacial score (nSPS) is 19.4. The molecule has 6 nitrogen and oxygen atoms in total. The molecule has 0 N–H and O–H groups in total. The second-order valence-corrected chi connectivity index (χ2v) is 6.36. The van der Waals surface area contributed by atoms with Gasteiger partial charge >= 0.3 is 6.18 Å². The molecule has 2 atom stereocenters. The smallest absolute Gasteiger partial charge is 0.369 e. The first-order valence-corrected chi connectivity index (χ1v) is 8.46. The summed E-state index contributed by atoms with van der Waals surface area (Å²) in [7, 11) is 0. The van der Waals surface area contributed by atoms with E-state index in [-0.39, 0.29) is 30.8 Å². The topological polar surface area (TPSA) is 71.2 Å². The Hall–Kier alpha value is -3.12. The van der Waals surface area contributed by atoms with Crippen LogP contribution >= 0.6 is 0 Å². The Bertz CT molecular complexity index is 916. The molecule has 1 aromatic carbocycles. The average molecular weight is 390 g/mol. The highest BCUT2D eigenvalue weighted by molar-refractivity contribution is 5.87. The molecule has 0 radical (unpaired) electrons. The van der Waals surface area contributed by atoms with Crippen LogP contribution in [-0.2, 0) is 22.3 Å². The van der Waals surface area contributed by atoms with E-state index in [0.717, 1.165) is 12.1 Å². The molecule has 1 saturated heterocycles. The second-order valence-electron chi connectivity index (χ2n) is 6.36. The number of hydrogen-bond donors (Lipinski definition) is 0. The number of likely N-dealkylation sites (tertiary alicyclic amines) is 1. The van der Waals surface area contributed by atoms with Crippen LogP contribution in [0.1, 0.15) is 22.9 Å². The van der Waals surface area contributed by atoms with Crippen LogP contribution < -0.4 is 0 Å². The van der Waals surface area contributed by atoms with Gasteiger partial charge < -0.3 is 9.64 Å². The predicted molar refractivity (Wildman–Crippen MR) is 92.8 cm³/mol. The molecule has 1 aromatic heterocycles. The molecule has 146 valence electrons. The molecule has 0 aliphatic carbocycles. The third-order valence-corrected chi connectivity index (χ3v) is 4.50. The zero-order valence-electron chi connectivity index (χ0n) is 14.8. The van der Waals surface area contributed by atoms with Crippen molar-refractivity contribution in [2.75, 3.05) is 13.1 Å². The Labute approximate surface area is 159 Å². The maximum absolute atomic E-state index is 12.9. The van der Waals surface area contributed by atoms with Crippen molar-refractivity contribution in [1.82, 2.24) is 14.7 Å². The summed E-state index contributed by atoms with van der Waals surface area (Å²) in [5.74, 6) is -0.275. The van der Waals surface area contributed by atoms with Crippen LogP contribution in [0.3, 0.4) is 0 Å². The van der Waals surface area contributed by atoms with Crippen LogP contribution in [-0.4, -0.2) is 39.8 Å². The van der Waals surface area contributed by atoms with Crippen LogP contribution in [0.4, 0.5) is 13.2 Å². The first-order chi connectivity index (χ1) is 13.3. The summed E-state index contributed by atoms with van der Waals surface area (Å²) in [5, 5.41) is 13.1. The van der Waals surface area contributed by atoms with E-state index >= 15 is 0 Å². The summed E-state index contributed by atoms with van der Waals surface area (Å²) >= 11 is 0. The summed E-state index contributed by atoms with van der Waals surface area (Å²) < 4.78 is 46.0. The lowest BCUT2D eigenvalue weighted by Gasteiger charge is -2.19. The first-order valence-electron chi connectivity index (χ1n) is 8.46. The van der Waals surface area contributed by atoms with E-state index in [9.17, 15) is 18.0 Å². The fraction of sp³-hybridized carbons (Fsp3) is 0.316. The molecule has 3 rings (SSSR count). The van der Waals surface area contributed by atoms with Crippen molar-refractivity contribution in [3.05, 3.63) is 66.0 Å². The molecular formula is C19H17F3N4O2. The highest BCUT2D eigenvalue weighted by Gasteiger charge is 2.37. The number of benzene rings is 1. The van der Waals surface area contributed by atoms with Gasteiger partial charge in [0, 0.05) is 19.3 Å². The van der Waals surface area contributed by atoms with Crippen molar-refractivity contribution in [3.8, 4) is 6.07 Å². The Kier molecular flexibility index (Phi) is 5.51. The number of carbonyl (C=O) groups is 1. The van der Waals surface area contributed by atoms with Gasteiger partial charge in [-0.15, -0.1) is 0 Å². The van der Waals surface area contributed by atoms with E-state index in [0.29, 0.717) is 12.1 Å². The molecule has 1 aliphatic heterocycles. The lowest BCUT2D eigenvalue weighted by molar-refractivity contribution is -0.137. The van der Waals surface area contributed by atoms with Crippen molar-refractivity contribution in [1.29, 1.82) is 5.26 Å². The number of halogens is 3. The average Bonchev–Trinajstić information content (AvgIpc) is 3.32. The summed E-state index contributed by atoms with van der Waals surface area (Å²) in [5.41, 5.74) is -0.142. The number of nitrogens with zero attached hydrogens (tertiary/aromatic N) is 4. The van der Waals surface area contributed by atoms with Gasteiger partial charge in [-0.3, -0.25) is 9.48 Å². The first kappa shape index (κ1) is 19.6. The standard InChI is InChI=1S/C19H17F3N4O2/c1-2-18(27)25-10-16(26-7-6-15(9-23)24-26)17(11-25)28-12-13-4-3-5-14(8-13)19(20,21)22/h2-8,16-17H,1,10-12H2/t16-,17-/m1/s1. The molecule has 9 heteroatoms. The minimum Gasteiger partial charge on any atom is -0.369 e. The number of nitriles is 1. The van der Waals surface area contributed by atoms with Gasteiger partial charge in [-0.1, -0.05) is 18.7 Å². The highest BCUT2D eigenvalue weighted by atomic mass is 19.4. The summed E-state index contributed by atoms with van der Waals surface area (Å²) in [6, 6.07) is 8.03. The Morgan fingerprint density at radius 3 is 2.82 bits per heavy atom. The molecule has 0 unspecified atom stereocenters. The molecule has 0 spiro atoms. The number of aromatic nitrogens is 2. The van der Waals surface area contributed by atoms with Gasteiger partial charge in [0.1, 0.15) is 6.07 Å². The van der Waals surface area contributed by atoms with Gasteiger partial charge in [0.25, 0.3) is 0 Å². The number of alkyl halides is 3. The zero-order valence-corrected chi connectivity index (χ0v) is 14.8. The van der Waals surface area contributed by atoms with E-state index in [4.69, 9.17) is 10.00 Å². The van der Waals surface area contributed by atoms with Crippen LogP contribution in [0.25, 0.3) is 0 Å². The van der Waals surface area contributed by atoms with Crippen molar-refractivity contribution in [2.24, 2.45) is 0 Å². The van der Waals surface area contributed by atoms with Crippen molar-refractivity contribution in [3.63, 3.8) is 0 Å². The number of carbonyl (C=O) groups excluding carboxylic acids is 1. The van der Waals surface area contributed by atoms with Crippen molar-refractivity contribution < 1.29 is 22.7 Å². The van der Waals surface area contributed by atoms with E-state index < -0.39 is 17.8 Å². The van der Waals surface area contributed by atoms with Crippen LogP contribution in [0.2, 0.25) is 0 Å². The summed E-state index contributed by atoms with van der Waals surface area (Å²) in [6.45, 7) is 3.96. The van der Waals surface area contributed by atoms with E-state index in [1.165, 1.54) is 17.0 Å². The Morgan fingerprint density at radius 2 is 2.18 bits per heavy atom. The van der Waals surface area contributed by atoms with Gasteiger partial charge in [0.05, 0.1) is 24.3 Å². The molecule has 2 aromatic rings. The number of hydrogen-bond acceptors (Lipinski definition) is 4. The molecule has 0 saturated carbocycles. The fourth-order valence-corrected chi connectivity index (χ4v) is 3.11. The number of ether oxygens (including phenoxy) is 1. The lowest BCUT2D eigenvalue weighted by Crippen LogP contribution is -2.28. The van der Waals surface area contributed by atoms with E-state index in [1.54, 1.807) is 23.0 Å². The maximum atomic E-state index is 12.9. The van der Waals surface area contributed by atoms with E-state index in [1.807, 2.05) is 6.07 Å². The van der Waals surface area contributed by atoms with Gasteiger partial charge in [-0.25, -0.2) is 0 Å². The largest absolute Gasteiger partial charge is 0.416 e. The fourth-order valence-electron chi connectivity index (χ4n) is 3.11. The molecule has 1 aliphatic rings. The third-order valence-electron chi connectivity index (χ3n) is 4.50. The SMILES string of the molecule is C=CC(=O)N1C[C@@H](n2ccc(C#N)n2)[C@H](OCc2cccc(C(F)(F)F)c2)C1. The maximum Gasteiger partial charge on any atom is 0.416 e. The van der Waals surface area contributed by atoms with Crippen LogP contribution in [0, 0.1) is 11.3 Å². The lowest BCUT2D eigenvalue weighted by atomic mass is 10.1. The molecule has 2 heterocycles. The molecular weight excluding hydrogens is 373 g/mol. The van der Waals surface area contributed by atoms with Gasteiger partial charge in [-0.05, 0) is 29.8 Å². The molecule has 28 heavy (non-hydrogen) atoms. The summed E-state index contributed by atoms with van der Waals surface area (Å²) in [4.78, 5) is 13.5. The molecule has 1 amide bonds. The second kappa shape index (κ2) is 7.86. The zero-order chi connectivity index (χ0) is 20.3. The minimum atomic E-state index is -4.43. The number of rotatable bonds is 5.